The Balaban J connectivity index is 1.81. The van der Waals surface area contributed by atoms with Crippen LogP contribution in [0.15, 0.2) is 0 Å². The van der Waals surface area contributed by atoms with E-state index in [0.717, 1.165) is 18.9 Å². The van der Waals surface area contributed by atoms with Crippen LogP contribution < -0.4 is 5.90 Å². The Kier molecular flexibility index (Phi) is 2.63. The highest BCUT2D eigenvalue weighted by molar-refractivity contribution is 4.84. The second-order valence-electron chi connectivity index (χ2n) is 3.97. The second kappa shape index (κ2) is 3.73. The third-order valence-corrected chi connectivity index (χ3v) is 3.20. The molecule has 1 aliphatic carbocycles. The molecular weight excluding hydrogens is 152 g/mol. The highest BCUT2D eigenvalue weighted by atomic mass is 16.6. The van der Waals surface area contributed by atoms with E-state index in [-0.39, 0.29) is 0 Å². The standard InChI is InChI=1S/C9H18N2O/c10-12-9-4-1-3-8(7-9)11-5-2-6-11/h8-9H,1-7,10H2. The third kappa shape index (κ3) is 1.63. The molecule has 2 unspecified atom stereocenters. The van der Waals surface area contributed by atoms with Crippen LogP contribution in [0.2, 0.25) is 0 Å². The van der Waals surface area contributed by atoms with Crippen LogP contribution in [0.4, 0.5) is 0 Å². The first-order chi connectivity index (χ1) is 5.90. The summed E-state index contributed by atoms with van der Waals surface area (Å²) in [4.78, 5) is 7.47. The van der Waals surface area contributed by atoms with Gasteiger partial charge in [-0.15, -0.1) is 0 Å². The highest BCUT2D eigenvalue weighted by Gasteiger charge is 2.29. The van der Waals surface area contributed by atoms with Crippen LogP contribution in [0.3, 0.4) is 0 Å². The molecule has 3 heteroatoms. The number of rotatable bonds is 2. The highest BCUT2D eigenvalue weighted by Crippen LogP contribution is 2.27. The molecule has 0 spiro atoms. The van der Waals surface area contributed by atoms with Crippen molar-refractivity contribution < 1.29 is 4.84 Å². The molecule has 0 aromatic carbocycles. The van der Waals surface area contributed by atoms with Crippen LogP contribution >= 0.6 is 0 Å². The predicted octanol–water partition coefficient (Wildman–Crippen LogP) is 0.894. The molecular formula is C9H18N2O. The van der Waals surface area contributed by atoms with Crippen molar-refractivity contribution in [2.24, 2.45) is 5.90 Å². The van der Waals surface area contributed by atoms with Crippen molar-refractivity contribution in [2.75, 3.05) is 13.1 Å². The molecule has 12 heavy (non-hydrogen) atoms. The van der Waals surface area contributed by atoms with Crippen LogP contribution in [0.1, 0.15) is 32.1 Å². The monoisotopic (exact) mass is 170 g/mol. The minimum atomic E-state index is 0.323. The van der Waals surface area contributed by atoms with Crippen LogP contribution in [-0.4, -0.2) is 30.1 Å². The lowest BCUT2D eigenvalue weighted by Gasteiger charge is -2.41. The Labute approximate surface area is 73.8 Å². The number of nitrogens with two attached hydrogens (primary N) is 1. The quantitative estimate of drug-likeness (QED) is 0.626. The van der Waals surface area contributed by atoms with Gasteiger partial charge in [0.05, 0.1) is 6.10 Å². The Bertz CT molecular complexity index is 147. The van der Waals surface area contributed by atoms with Crippen molar-refractivity contribution in [3.63, 3.8) is 0 Å². The van der Waals surface area contributed by atoms with Crippen LogP contribution in [-0.2, 0) is 4.84 Å². The largest absolute Gasteiger partial charge is 0.301 e. The zero-order valence-electron chi connectivity index (χ0n) is 7.54. The summed E-state index contributed by atoms with van der Waals surface area (Å²) < 4.78 is 0. The fourth-order valence-electron chi connectivity index (χ4n) is 2.28. The van der Waals surface area contributed by atoms with Crippen molar-refractivity contribution in [3.8, 4) is 0 Å². The molecule has 2 aliphatic rings. The molecule has 0 amide bonds. The van der Waals surface area contributed by atoms with E-state index in [1.807, 2.05) is 0 Å². The minimum absolute atomic E-state index is 0.323. The van der Waals surface area contributed by atoms with Crippen molar-refractivity contribution in [1.29, 1.82) is 0 Å². The average Bonchev–Trinajstić information content (AvgIpc) is 2.02. The van der Waals surface area contributed by atoms with Gasteiger partial charge in [-0.1, -0.05) is 0 Å². The van der Waals surface area contributed by atoms with Gasteiger partial charge >= 0.3 is 0 Å². The van der Waals surface area contributed by atoms with Gasteiger partial charge in [-0.25, -0.2) is 5.90 Å². The smallest absolute Gasteiger partial charge is 0.0802 e. The SMILES string of the molecule is NOC1CCCC(N2CCC2)C1. The van der Waals surface area contributed by atoms with Crippen LogP contribution in [0.25, 0.3) is 0 Å². The molecule has 1 saturated heterocycles. The summed E-state index contributed by atoms with van der Waals surface area (Å²) in [5.41, 5.74) is 0. The van der Waals surface area contributed by atoms with Crippen molar-refractivity contribution in [2.45, 2.75) is 44.2 Å². The zero-order valence-corrected chi connectivity index (χ0v) is 7.54. The van der Waals surface area contributed by atoms with Crippen molar-refractivity contribution in [1.82, 2.24) is 4.90 Å². The van der Waals surface area contributed by atoms with Gasteiger partial charge in [0.1, 0.15) is 0 Å². The van der Waals surface area contributed by atoms with E-state index in [2.05, 4.69) is 4.90 Å². The zero-order chi connectivity index (χ0) is 8.39. The molecule has 0 radical (unpaired) electrons. The molecule has 1 saturated carbocycles. The maximum atomic E-state index is 5.21. The van der Waals surface area contributed by atoms with Crippen molar-refractivity contribution >= 4 is 0 Å². The Hall–Kier alpha value is -0.120. The normalized spacial score (nSPS) is 37.8. The lowest BCUT2D eigenvalue weighted by atomic mass is 9.90. The van der Waals surface area contributed by atoms with E-state index < -0.39 is 0 Å². The number of nitrogens with zero attached hydrogens (tertiary/aromatic N) is 1. The van der Waals surface area contributed by atoms with E-state index in [1.165, 1.54) is 32.4 Å². The van der Waals surface area contributed by atoms with E-state index >= 15 is 0 Å². The molecule has 2 fully saturated rings. The molecule has 0 aromatic heterocycles. The summed E-state index contributed by atoms with van der Waals surface area (Å²) in [7, 11) is 0. The van der Waals surface area contributed by atoms with E-state index in [1.54, 1.807) is 0 Å². The third-order valence-electron chi connectivity index (χ3n) is 3.20. The van der Waals surface area contributed by atoms with Crippen LogP contribution in [0, 0.1) is 0 Å². The van der Waals surface area contributed by atoms with Gasteiger partial charge < -0.3 is 9.74 Å². The number of likely N-dealkylation sites (tertiary alicyclic amines) is 1. The maximum Gasteiger partial charge on any atom is 0.0802 e. The summed E-state index contributed by atoms with van der Waals surface area (Å²) in [6, 6.07) is 0.765. The predicted molar refractivity (Wildman–Crippen MR) is 47.5 cm³/mol. The van der Waals surface area contributed by atoms with Crippen molar-refractivity contribution in [3.05, 3.63) is 0 Å². The molecule has 3 nitrogen and oxygen atoms in total. The van der Waals surface area contributed by atoms with Crippen LogP contribution in [0.5, 0.6) is 0 Å². The Morgan fingerprint density at radius 3 is 2.58 bits per heavy atom. The van der Waals surface area contributed by atoms with Gasteiger partial charge in [0, 0.05) is 6.04 Å². The second-order valence-corrected chi connectivity index (χ2v) is 3.97. The van der Waals surface area contributed by atoms with Gasteiger partial charge in [0.15, 0.2) is 0 Å². The topological polar surface area (TPSA) is 38.5 Å². The van der Waals surface area contributed by atoms with Gasteiger partial charge in [0.2, 0.25) is 0 Å². The summed E-state index contributed by atoms with van der Waals surface area (Å²) >= 11 is 0. The summed E-state index contributed by atoms with van der Waals surface area (Å²) in [6.45, 7) is 2.59. The first-order valence-corrected chi connectivity index (χ1v) is 5.00. The number of hydrogen-bond donors (Lipinski definition) is 1. The van der Waals surface area contributed by atoms with Gasteiger partial charge in [-0.05, 0) is 45.2 Å². The molecule has 0 aromatic rings. The fraction of sp³-hybridized carbons (Fsp3) is 1.00. The lowest BCUT2D eigenvalue weighted by Crippen LogP contribution is -2.48. The Morgan fingerprint density at radius 1 is 1.17 bits per heavy atom. The van der Waals surface area contributed by atoms with E-state index in [4.69, 9.17) is 10.7 Å². The minimum Gasteiger partial charge on any atom is -0.301 e. The molecule has 1 aliphatic heterocycles. The summed E-state index contributed by atoms with van der Waals surface area (Å²) in [6.07, 6.45) is 6.63. The molecule has 1 heterocycles. The molecule has 2 N–H and O–H groups in total. The maximum absolute atomic E-state index is 5.21. The first kappa shape index (κ1) is 8.48. The summed E-state index contributed by atoms with van der Waals surface area (Å²) in [5, 5.41) is 0. The lowest BCUT2D eigenvalue weighted by molar-refractivity contribution is -0.0153. The van der Waals surface area contributed by atoms with Gasteiger partial charge in [-0.3, -0.25) is 0 Å². The number of hydrogen-bond acceptors (Lipinski definition) is 3. The fourth-order valence-corrected chi connectivity index (χ4v) is 2.28. The van der Waals surface area contributed by atoms with E-state index in [0.29, 0.717) is 6.10 Å². The van der Waals surface area contributed by atoms with Gasteiger partial charge in [-0.2, -0.15) is 0 Å². The molecule has 0 bridgehead atoms. The average molecular weight is 170 g/mol. The molecule has 2 rings (SSSR count). The Morgan fingerprint density at radius 2 is 2.00 bits per heavy atom. The van der Waals surface area contributed by atoms with Gasteiger partial charge in [0.25, 0.3) is 0 Å². The van der Waals surface area contributed by atoms with E-state index in [9.17, 15) is 0 Å². The summed E-state index contributed by atoms with van der Waals surface area (Å²) in [5.74, 6) is 5.21. The molecule has 2 atom stereocenters. The first-order valence-electron chi connectivity index (χ1n) is 5.00. The molecule has 70 valence electrons.